The minimum absolute atomic E-state index is 0.115. The highest BCUT2D eigenvalue weighted by Gasteiger charge is 2.15. The number of amides is 1. The van der Waals surface area contributed by atoms with Crippen molar-refractivity contribution < 1.29 is 4.79 Å². The molecule has 3 N–H and O–H groups in total. The molecule has 0 spiro atoms. The van der Waals surface area contributed by atoms with Gasteiger partial charge in [0.15, 0.2) is 5.82 Å². The van der Waals surface area contributed by atoms with Crippen LogP contribution in [-0.2, 0) is 5.75 Å². The molecule has 3 rings (SSSR count). The van der Waals surface area contributed by atoms with E-state index < -0.39 is 0 Å². The molecule has 0 radical (unpaired) electrons. The monoisotopic (exact) mass is 407 g/mol. The average molecular weight is 408 g/mol. The lowest BCUT2D eigenvalue weighted by molar-refractivity contribution is 0.0963. The number of nitrogens with one attached hydrogen (secondary N) is 1. The van der Waals surface area contributed by atoms with Crippen molar-refractivity contribution in [2.75, 3.05) is 12.9 Å². The number of nitrogens with zero attached hydrogens (tertiary/aromatic N) is 3. The fraction of sp³-hybridized carbons (Fsp3) is 0.118. The van der Waals surface area contributed by atoms with Gasteiger partial charge in [-0.05, 0) is 35.9 Å². The zero-order valence-corrected chi connectivity index (χ0v) is 16.1. The predicted octanol–water partition coefficient (Wildman–Crippen LogP) is 3.62. The molecule has 0 atom stereocenters. The van der Waals surface area contributed by atoms with Crippen LogP contribution in [0.4, 0.5) is 0 Å². The number of halogens is 2. The minimum Gasteiger partial charge on any atom is -0.355 e. The minimum atomic E-state index is -0.115. The van der Waals surface area contributed by atoms with Crippen molar-refractivity contribution in [1.82, 2.24) is 20.2 Å². The van der Waals surface area contributed by atoms with Crippen molar-refractivity contribution in [3.8, 4) is 11.4 Å². The Labute approximate surface area is 164 Å². The average Bonchev–Trinajstić information content (AvgIpc) is 3.00. The number of carbonyl (C=O) groups is 1. The molecule has 134 valence electrons. The molecule has 0 fully saturated rings. The lowest BCUT2D eigenvalue weighted by Gasteiger charge is -2.06. The van der Waals surface area contributed by atoms with Gasteiger partial charge in [0, 0.05) is 29.0 Å². The lowest BCUT2D eigenvalue weighted by Crippen LogP contribution is -2.17. The third-order valence-electron chi connectivity index (χ3n) is 3.65. The topological polar surface area (TPSA) is 85.8 Å². The van der Waals surface area contributed by atoms with Crippen LogP contribution in [0.3, 0.4) is 0 Å². The predicted molar refractivity (Wildman–Crippen MR) is 105 cm³/mol. The molecule has 0 aliphatic carbocycles. The van der Waals surface area contributed by atoms with Crippen molar-refractivity contribution in [2.45, 2.75) is 10.9 Å². The number of aromatic nitrogens is 3. The molecule has 6 nitrogen and oxygen atoms in total. The first-order valence-electron chi connectivity index (χ1n) is 7.59. The Bertz CT molecular complexity index is 943. The summed E-state index contributed by atoms with van der Waals surface area (Å²) in [4.78, 5) is 11.6. The summed E-state index contributed by atoms with van der Waals surface area (Å²) in [6.07, 6.45) is 0. The molecule has 1 amide bonds. The molecular weight excluding hydrogens is 393 g/mol. The van der Waals surface area contributed by atoms with E-state index in [1.165, 1.54) is 16.4 Å². The second-order valence-electron chi connectivity index (χ2n) is 5.37. The van der Waals surface area contributed by atoms with Crippen LogP contribution in [0.5, 0.6) is 0 Å². The number of hydrogen-bond donors (Lipinski definition) is 2. The first-order valence-corrected chi connectivity index (χ1v) is 9.33. The number of nitrogens with two attached hydrogens (primary N) is 1. The molecular formula is C17H15Cl2N5OS. The molecule has 3 aromatic rings. The van der Waals surface area contributed by atoms with Crippen LogP contribution < -0.4 is 11.2 Å². The molecule has 0 saturated carbocycles. The van der Waals surface area contributed by atoms with Crippen LogP contribution in [0.2, 0.25) is 10.0 Å². The molecule has 2 aromatic carbocycles. The Morgan fingerprint density at radius 1 is 1.19 bits per heavy atom. The third-order valence-corrected chi connectivity index (χ3v) is 5.21. The van der Waals surface area contributed by atoms with Crippen LogP contribution >= 0.6 is 35.0 Å². The lowest BCUT2D eigenvalue weighted by atomic mass is 10.1. The van der Waals surface area contributed by atoms with E-state index in [1.807, 2.05) is 12.1 Å². The largest absolute Gasteiger partial charge is 0.355 e. The van der Waals surface area contributed by atoms with Crippen molar-refractivity contribution >= 4 is 40.9 Å². The molecule has 1 heterocycles. The number of nitrogen functional groups attached to an aromatic ring is 1. The van der Waals surface area contributed by atoms with Crippen molar-refractivity contribution in [3.05, 3.63) is 63.6 Å². The Hall–Kier alpha value is -2.22. The van der Waals surface area contributed by atoms with Crippen molar-refractivity contribution in [2.24, 2.45) is 0 Å². The Kier molecular flexibility index (Phi) is 5.70. The van der Waals surface area contributed by atoms with Gasteiger partial charge in [0.05, 0.1) is 5.02 Å². The van der Waals surface area contributed by atoms with E-state index in [1.54, 1.807) is 37.4 Å². The summed E-state index contributed by atoms with van der Waals surface area (Å²) in [5.41, 5.74) is 2.31. The van der Waals surface area contributed by atoms with E-state index in [2.05, 4.69) is 15.5 Å². The van der Waals surface area contributed by atoms with Gasteiger partial charge in [-0.3, -0.25) is 4.79 Å². The molecule has 0 aliphatic heterocycles. The molecule has 0 saturated heterocycles. The van der Waals surface area contributed by atoms with Gasteiger partial charge in [0.1, 0.15) is 0 Å². The standard InChI is InChI=1S/C17H15Cl2N5OS/c1-21-16(25)11-4-2-10(3-5-11)9-26-17-23-22-15(24(17)20)13-7-6-12(18)8-14(13)19/h2-8H,9,20H2,1H3,(H,21,25). The van der Waals surface area contributed by atoms with Gasteiger partial charge < -0.3 is 11.2 Å². The van der Waals surface area contributed by atoms with Crippen LogP contribution in [0, 0.1) is 0 Å². The Morgan fingerprint density at radius 2 is 1.92 bits per heavy atom. The van der Waals surface area contributed by atoms with E-state index in [0.29, 0.717) is 37.9 Å². The molecule has 9 heteroatoms. The van der Waals surface area contributed by atoms with Crippen LogP contribution in [0.25, 0.3) is 11.4 Å². The van der Waals surface area contributed by atoms with E-state index in [0.717, 1.165) is 5.56 Å². The number of rotatable bonds is 5. The summed E-state index contributed by atoms with van der Waals surface area (Å²) in [7, 11) is 1.60. The first-order chi connectivity index (χ1) is 12.5. The fourth-order valence-electron chi connectivity index (χ4n) is 2.27. The van der Waals surface area contributed by atoms with Gasteiger partial charge in [0.25, 0.3) is 5.91 Å². The van der Waals surface area contributed by atoms with Crippen molar-refractivity contribution in [3.63, 3.8) is 0 Å². The maximum atomic E-state index is 11.6. The number of benzene rings is 2. The molecule has 1 aromatic heterocycles. The van der Waals surface area contributed by atoms with E-state index in [4.69, 9.17) is 29.0 Å². The van der Waals surface area contributed by atoms with Gasteiger partial charge in [-0.2, -0.15) is 0 Å². The van der Waals surface area contributed by atoms with Gasteiger partial charge in [-0.25, -0.2) is 4.68 Å². The Balaban J connectivity index is 1.73. The smallest absolute Gasteiger partial charge is 0.251 e. The summed E-state index contributed by atoms with van der Waals surface area (Å²) in [6.45, 7) is 0. The quantitative estimate of drug-likeness (QED) is 0.498. The summed E-state index contributed by atoms with van der Waals surface area (Å²) in [5.74, 6) is 7.10. The third kappa shape index (κ3) is 3.95. The zero-order valence-electron chi connectivity index (χ0n) is 13.7. The normalized spacial score (nSPS) is 10.7. The van der Waals surface area contributed by atoms with E-state index in [9.17, 15) is 4.79 Å². The summed E-state index contributed by atoms with van der Waals surface area (Å²) in [6, 6.07) is 12.5. The zero-order chi connectivity index (χ0) is 18.7. The molecule has 0 aliphatic rings. The number of thioether (sulfide) groups is 1. The maximum Gasteiger partial charge on any atom is 0.251 e. The second-order valence-corrected chi connectivity index (χ2v) is 7.15. The maximum absolute atomic E-state index is 11.6. The number of hydrogen-bond acceptors (Lipinski definition) is 5. The number of carbonyl (C=O) groups excluding carboxylic acids is 1. The van der Waals surface area contributed by atoms with Crippen LogP contribution in [-0.4, -0.2) is 27.8 Å². The van der Waals surface area contributed by atoms with Gasteiger partial charge in [-0.1, -0.05) is 47.1 Å². The summed E-state index contributed by atoms with van der Waals surface area (Å²) >= 11 is 13.6. The Morgan fingerprint density at radius 3 is 2.58 bits per heavy atom. The van der Waals surface area contributed by atoms with Crippen LogP contribution in [0.1, 0.15) is 15.9 Å². The fourth-order valence-corrected chi connectivity index (χ4v) is 3.58. The van der Waals surface area contributed by atoms with Crippen molar-refractivity contribution in [1.29, 1.82) is 0 Å². The molecule has 26 heavy (non-hydrogen) atoms. The highest BCUT2D eigenvalue weighted by molar-refractivity contribution is 7.98. The molecule has 0 unspecified atom stereocenters. The highest BCUT2D eigenvalue weighted by atomic mass is 35.5. The van der Waals surface area contributed by atoms with E-state index >= 15 is 0 Å². The molecule has 0 bridgehead atoms. The van der Waals surface area contributed by atoms with Gasteiger partial charge in [-0.15, -0.1) is 10.2 Å². The SMILES string of the molecule is CNC(=O)c1ccc(CSc2nnc(-c3ccc(Cl)cc3Cl)n2N)cc1. The first kappa shape index (κ1) is 18.6. The summed E-state index contributed by atoms with van der Waals surface area (Å²) in [5, 5.41) is 12.4. The van der Waals surface area contributed by atoms with Gasteiger partial charge >= 0.3 is 0 Å². The van der Waals surface area contributed by atoms with Crippen LogP contribution in [0.15, 0.2) is 47.6 Å². The van der Waals surface area contributed by atoms with E-state index in [-0.39, 0.29) is 5.91 Å². The second kappa shape index (κ2) is 7.99. The highest BCUT2D eigenvalue weighted by Crippen LogP contribution is 2.30. The van der Waals surface area contributed by atoms with Gasteiger partial charge in [0.2, 0.25) is 5.16 Å². The summed E-state index contributed by atoms with van der Waals surface area (Å²) < 4.78 is 1.40.